The van der Waals surface area contributed by atoms with Crippen LogP contribution >= 0.6 is 34.8 Å². The first-order valence-corrected chi connectivity index (χ1v) is 7.37. The summed E-state index contributed by atoms with van der Waals surface area (Å²) in [4.78, 5) is 12.0. The monoisotopic (exact) mass is 312 g/mol. The average molecular weight is 314 g/mol. The molecule has 0 spiro atoms. The lowest BCUT2D eigenvalue weighted by molar-refractivity contribution is -0.148. The minimum Gasteiger partial charge on any atom is -0.446 e. The number of ether oxygens (including phenoxy) is 1. The Labute approximate surface area is 124 Å². The first-order chi connectivity index (χ1) is 8.30. The van der Waals surface area contributed by atoms with Crippen LogP contribution in [-0.4, -0.2) is 11.5 Å². The van der Waals surface area contributed by atoms with Gasteiger partial charge < -0.3 is 4.74 Å². The molecule has 0 aromatic rings. The van der Waals surface area contributed by atoms with Crippen molar-refractivity contribution in [2.75, 3.05) is 0 Å². The summed E-state index contributed by atoms with van der Waals surface area (Å²) in [6, 6.07) is 0. The van der Waals surface area contributed by atoms with Gasteiger partial charge in [-0.15, -0.1) is 0 Å². The van der Waals surface area contributed by atoms with Crippen LogP contribution in [0.5, 0.6) is 0 Å². The molecule has 1 unspecified atom stereocenters. The highest BCUT2D eigenvalue weighted by Gasteiger charge is 2.61. The molecular formula is C13H19Cl3O2. The van der Waals surface area contributed by atoms with Crippen LogP contribution in [0.4, 0.5) is 0 Å². The van der Waals surface area contributed by atoms with Crippen LogP contribution in [-0.2, 0) is 9.53 Å². The summed E-state index contributed by atoms with van der Waals surface area (Å²) in [6.07, 6.45) is 4.37. The molecule has 1 aliphatic rings. The van der Waals surface area contributed by atoms with E-state index in [1.165, 1.54) is 0 Å². The number of esters is 1. The number of hydrogen-bond donors (Lipinski definition) is 0. The number of carbonyl (C=O) groups excluding carboxylic acids is 1. The molecule has 0 radical (unpaired) electrons. The van der Waals surface area contributed by atoms with Crippen LogP contribution in [0, 0.1) is 17.3 Å². The number of rotatable bonds is 6. The predicted octanol–water partition coefficient (Wildman–Crippen LogP) is 4.88. The highest BCUT2D eigenvalue weighted by molar-refractivity contribution is 6.55. The fraction of sp³-hybridized carbons (Fsp3) is 0.769. The summed E-state index contributed by atoms with van der Waals surface area (Å²) in [5, 5.41) is 0. The number of carbonyl (C=O) groups is 1. The molecule has 1 saturated carbocycles. The molecule has 2 nitrogen and oxygen atoms in total. The Balaban J connectivity index is 2.51. The van der Waals surface area contributed by atoms with Gasteiger partial charge in [0, 0.05) is 0 Å². The lowest BCUT2D eigenvalue weighted by atomic mass is 10.1. The third-order valence-corrected chi connectivity index (χ3v) is 4.06. The van der Waals surface area contributed by atoms with Crippen molar-refractivity contribution in [2.24, 2.45) is 17.3 Å². The first kappa shape index (κ1) is 16.1. The lowest BCUT2D eigenvalue weighted by Crippen LogP contribution is -2.16. The maximum atomic E-state index is 12.0. The van der Waals surface area contributed by atoms with E-state index < -0.39 is 5.56 Å². The molecule has 0 aliphatic heterocycles. The molecule has 104 valence electrons. The van der Waals surface area contributed by atoms with Gasteiger partial charge in [0.05, 0.1) is 5.92 Å². The van der Waals surface area contributed by atoms with E-state index in [1.807, 2.05) is 13.8 Å². The molecule has 1 fully saturated rings. The smallest absolute Gasteiger partial charge is 0.311 e. The van der Waals surface area contributed by atoms with Crippen molar-refractivity contribution in [1.82, 2.24) is 0 Å². The Morgan fingerprint density at radius 2 is 2.06 bits per heavy atom. The highest BCUT2D eigenvalue weighted by atomic mass is 35.5. The normalized spacial score (nSPS) is 26.3. The van der Waals surface area contributed by atoms with Crippen molar-refractivity contribution in [3.8, 4) is 0 Å². The molecule has 5 heteroatoms. The molecule has 0 amide bonds. The van der Waals surface area contributed by atoms with Crippen molar-refractivity contribution >= 4 is 40.8 Å². The molecule has 0 aromatic heterocycles. The van der Waals surface area contributed by atoms with E-state index in [0.717, 1.165) is 12.8 Å². The van der Waals surface area contributed by atoms with E-state index in [-0.39, 0.29) is 27.7 Å². The van der Waals surface area contributed by atoms with Gasteiger partial charge in [-0.2, -0.15) is 0 Å². The van der Waals surface area contributed by atoms with Crippen LogP contribution in [0.3, 0.4) is 0 Å². The second-order valence-corrected chi connectivity index (χ2v) is 6.76. The van der Waals surface area contributed by atoms with Gasteiger partial charge in [-0.3, -0.25) is 4.79 Å². The van der Waals surface area contributed by atoms with E-state index in [1.54, 1.807) is 6.08 Å². The number of hydrogen-bond acceptors (Lipinski definition) is 2. The van der Waals surface area contributed by atoms with Gasteiger partial charge in [0.15, 0.2) is 5.56 Å². The molecule has 1 rings (SSSR count). The summed E-state index contributed by atoms with van der Waals surface area (Å²) in [6.45, 7) is 6.05. The van der Waals surface area contributed by atoms with Gasteiger partial charge in [0.2, 0.25) is 0 Å². The summed E-state index contributed by atoms with van der Waals surface area (Å²) < 4.78 is 5.43. The fourth-order valence-electron chi connectivity index (χ4n) is 2.20. The Morgan fingerprint density at radius 1 is 1.44 bits per heavy atom. The first-order valence-electron chi connectivity index (χ1n) is 6.18. The Bertz CT molecular complexity index is 335. The number of allylic oxidation sites excluding steroid dienone is 1. The Morgan fingerprint density at radius 3 is 2.56 bits per heavy atom. The van der Waals surface area contributed by atoms with Crippen molar-refractivity contribution < 1.29 is 9.53 Å². The summed E-state index contributed by atoms with van der Waals surface area (Å²) in [5.41, 5.74) is -0.696. The van der Waals surface area contributed by atoms with E-state index in [2.05, 4.69) is 6.92 Å². The third kappa shape index (κ3) is 4.04. The summed E-state index contributed by atoms with van der Waals surface area (Å²) >= 11 is 17.2. The Hall–Kier alpha value is 0.0800. The third-order valence-electron chi connectivity index (χ3n) is 3.50. The fourth-order valence-corrected chi connectivity index (χ4v) is 2.71. The van der Waals surface area contributed by atoms with Crippen LogP contribution in [0.2, 0.25) is 0 Å². The molecule has 0 heterocycles. The van der Waals surface area contributed by atoms with Crippen molar-refractivity contribution in [3.05, 3.63) is 10.6 Å². The molecule has 1 aliphatic carbocycles. The predicted molar refractivity (Wildman–Crippen MR) is 75.8 cm³/mol. The van der Waals surface area contributed by atoms with Crippen LogP contribution in [0.15, 0.2) is 10.6 Å². The molecule has 3 atom stereocenters. The maximum Gasteiger partial charge on any atom is 0.311 e. The standard InChI is InChI=1S/C13H19Cl3O2/c1-4-5-6-10(16)18-12(17)11-8(7-9(14)15)13(11,2)3/h7-8,10-11H,4-6H2,1-3H3/t8-,10?,11-/m1/s1. The minimum absolute atomic E-state index is 0.0324. The summed E-state index contributed by atoms with van der Waals surface area (Å²) in [7, 11) is 0. The molecule has 0 N–H and O–H groups in total. The van der Waals surface area contributed by atoms with Crippen molar-refractivity contribution in [2.45, 2.75) is 45.6 Å². The zero-order valence-corrected chi connectivity index (χ0v) is 13.1. The SMILES string of the molecule is CCCCC(Cl)OC(=O)[C@H]1[C@@H](C=C(Cl)Cl)C1(C)C. The quantitative estimate of drug-likeness (QED) is 0.516. The number of alkyl halides is 1. The van der Waals surface area contributed by atoms with E-state index in [0.29, 0.717) is 6.42 Å². The van der Waals surface area contributed by atoms with Crippen LogP contribution < -0.4 is 0 Å². The molecule has 0 bridgehead atoms. The number of unbranched alkanes of at least 4 members (excludes halogenated alkanes) is 1. The zero-order valence-electron chi connectivity index (χ0n) is 10.9. The van der Waals surface area contributed by atoms with Crippen molar-refractivity contribution in [3.63, 3.8) is 0 Å². The summed E-state index contributed by atoms with van der Waals surface area (Å²) in [5.74, 6) is -0.426. The topological polar surface area (TPSA) is 26.3 Å². The molecular weight excluding hydrogens is 295 g/mol. The largest absolute Gasteiger partial charge is 0.446 e. The zero-order chi connectivity index (χ0) is 13.9. The van der Waals surface area contributed by atoms with Crippen LogP contribution in [0.1, 0.15) is 40.0 Å². The van der Waals surface area contributed by atoms with Gasteiger partial charge in [0.1, 0.15) is 4.49 Å². The Kier molecular flexibility index (Phi) is 5.82. The van der Waals surface area contributed by atoms with Gasteiger partial charge in [-0.05, 0) is 30.3 Å². The van der Waals surface area contributed by atoms with E-state index in [4.69, 9.17) is 39.5 Å². The number of halogens is 3. The minimum atomic E-state index is -0.537. The lowest BCUT2D eigenvalue weighted by Gasteiger charge is -2.11. The molecule has 0 saturated heterocycles. The van der Waals surface area contributed by atoms with E-state index in [9.17, 15) is 4.79 Å². The van der Waals surface area contributed by atoms with Crippen molar-refractivity contribution in [1.29, 1.82) is 0 Å². The average Bonchev–Trinajstić information content (AvgIpc) is 2.76. The van der Waals surface area contributed by atoms with Gasteiger partial charge in [0.25, 0.3) is 0 Å². The molecule has 0 aromatic carbocycles. The van der Waals surface area contributed by atoms with Gasteiger partial charge >= 0.3 is 5.97 Å². The molecule has 18 heavy (non-hydrogen) atoms. The second-order valence-electron chi connectivity index (χ2n) is 5.27. The van der Waals surface area contributed by atoms with Gasteiger partial charge in [-0.25, -0.2) is 0 Å². The van der Waals surface area contributed by atoms with Crippen LogP contribution in [0.25, 0.3) is 0 Å². The van der Waals surface area contributed by atoms with E-state index >= 15 is 0 Å². The highest BCUT2D eigenvalue weighted by Crippen LogP contribution is 2.60. The van der Waals surface area contributed by atoms with Gasteiger partial charge in [-0.1, -0.05) is 62.0 Å². The maximum absolute atomic E-state index is 12.0. The second kappa shape index (κ2) is 6.49.